The second kappa shape index (κ2) is 3.92. The predicted octanol–water partition coefficient (Wildman–Crippen LogP) is 1.17. The topological polar surface area (TPSA) is 54.4 Å². The minimum Gasteiger partial charge on any atom is -0.481 e. The third-order valence-electron chi connectivity index (χ3n) is 1.05. The predicted molar refractivity (Wildman–Crippen MR) is 32.1 cm³/mol. The van der Waals surface area contributed by atoms with E-state index in [2.05, 4.69) is 0 Å². The van der Waals surface area contributed by atoms with Gasteiger partial charge in [-0.05, 0) is 6.42 Å². The molecule has 12 heavy (non-hydrogen) atoms. The van der Waals surface area contributed by atoms with Gasteiger partial charge in [-0.2, -0.15) is 13.2 Å². The second-order valence-electron chi connectivity index (χ2n) is 1.97. The van der Waals surface area contributed by atoms with Crippen LogP contribution in [0.25, 0.3) is 0 Å². The number of carbonyl (C=O) groups excluding carboxylic acids is 1. The average molecular weight is 182 g/mol. The molecule has 0 fully saturated rings. The van der Waals surface area contributed by atoms with Crippen LogP contribution in [-0.4, -0.2) is 23.2 Å². The smallest absolute Gasteiger partial charge is 0.422 e. The van der Waals surface area contributed by atoms with Crippen molar-refractivity contribution in [2.24, 2.45) is 0 Å². The van der Waals surface area contributed by atoms with Crippen molar-refractivity contribution in [3.05, 3.63) is 5.57 Å². The number of carboxylic acid groups (broad SMARTS) is 1. The first-order valence-corrected chi connectivity index (χ1v) is 2.91. The number of hydrogen-bond donors (Lipinski definition) is 1. The number of alkyl halides is 3. The van der Waals surface area contributed by atoms with Crippen LogP contribution in [0.3, 0.4) is 0 Å². The molecule has 6 heteroatoms. The molecule has 0 heterocycles. The van der Waals surface area contributed by atoms with E-state index in [1.807, 2.05) is 0 Å². The number of carbonyl (C=O) groups is 1. The summed E-state index contributed by atoms with van der Waals surface area (Å²) in [5.41, 5.74) is -1.47. The maximum atomic E-state index is 11.7. The van der Waals surface area contributed by atoms with Gasteiger partial charge < -0.3 is 5.11 Å². The van der Waals surface area contributed by atoms with Crippen molar-refractivity contribution < 1.29 is 27.9 Å². The largest absolute Gasteiger partial charge is 0.481 e. The summed E-state index contributed by atoms with van der Waals surface area (Å²) in [4.78, 5) is 19.5. The monoisotopic (exact) mass is 182 g/mol. The van der Waals surface area contributed by atoms with E-state index < -0.39 is 30.6 Å². The van der Waals surface area contributed by atoms with E-state index in [9.17, 15) is 22.8 Å². The Hall–Kier alpha value is -1.29. The van der Waals surface area contributed by atoms with Crippen molar-refractivity contribution in [1.82, 2.24) is 0 Å². The highest BCUT2D eigenvalue weighted by Crippen LogP contribution is 2.26. The third kappa shape index (κ3) is 3.78. The fourth-order valence-electron chi connectivity index (χ4n) is 0.483. The van der Waals surface area contributed by atoms with Crippen molar-refractivity contribution in [2.75, 3.05) is 0 Å². The van der Waals surface area contributed by atoms with Crippen LogP contribution in [0.1, 0.15) is 12.8 Å². The zero-order chi connectivity index (χ0) is 9.78. The molecular formula is C6H5F3O3. The summed E-state index contributed by atoms with van der Waals surface area (Å²) in [6.45, 7) is 0. The van der Waals surface area contributed by atoms with Gasteiger partial charge in [0, 0.05) is 0 Å². The molecule has 0 saturated heterocycles. The summed E-state index contributed by atoms with van der Waals surface area (Å²) < 4.78 is 35.0. The van der Waals surface area contributed by atoms with Crippen LogP contribution in [0.15, 0.2) is 5.57 Å². The lowest BCUT2D eigenvalue weighted by atomic mass is 10.1. The highest BCUT2D eigenvalue weighted by atomic mass is 19.4. The molecule has 0 unspecified atom stereocenters. The van der Waals surface area contributed by atoms with Crippen LogP contribution in [0, 0.1) is 0 Å². The Balaban J connectivity index is 4.23. The van der Waals surface area contributed by atoms with Gasteiger partial charge in [0.15, 0.2) is 0 Å². The molecule has 0 amide bonds. The van der Waals surface area contributed by atoms with Crippen molar-refractivity contribution in [1.29, 1.82) is 0 Å². The van der Waals surface area contributed by atoms with E-state index in [-0.39, 0.29) is 0 Å². The Morgan fingerprint density at radius 1 is 1.33 bits per heavy atom. The number of carboxylic acids is 1. The van der Waals surface area contributed by atoms with Gasteiger partial charge in [-0.25, -0.2) is 4.79 Å². The van der Waals surface area contributed by atoms with Gasteiger partial charge in [0.2, 0.25) is 0 Å². The van der Waals surface area contributed by atoms with Gasteiger partial charge in [-0.1, -0.05) is 0 Å². The fourth-order valence-corrected chi connectivity index (χ4v) is 0.483. The molecule has 0 aliphatic heterocycles. The fraction of sp³-hybridized carbons (Fsp3) is 0.500. The average Bonchev–Trinajstić information content (AvgIpc) is 1.85. The molecule has 0 atom stereocenters. The third-order valence-corrected chi connectivity index (χ3v) is 1.05. The van der Waals surface area contributed by atoms with Crippen molar-refractivity contribution in [2.45, 2.75) is 19.0 Å². The number of halogens is 3. The molecule has 0 aliphatic carbocycles. The van der Waals surface area contributed by atoms with Gasteiger partial charge in [-0.3, -0.25) is 4.79 Å². The second-order valence-corrected chi connectivity index (χ2v) is 1.97. The van der Waals surface area contributed by atoms with E-state index in [1.165, 1.54) is 0 Å². The van der Waals surface area contributed by atoms with Crippen molar-refractivity contribution >= 4 is 11.9 Å². The van der Waals surface area contributed by atoms with Gasteiger partial charge in [0.05, 0.1) is 6.42 Å². The SMILES string of the molecule is O=C=C(CCC(=O)O)C(F)(F)F. The van der Waals surface area contributed by atoms with Crippen LogP contribution < -0.4 is 0 Å². The van der Waals surface area contributed by atoms with Crippen molar-refractivity contribution in [3.8, 4) is 0 Å². The lowest BCUT2D eigenvalue weighted by Gasteiger charge is -2.04. The lowest BCUT2D eigenvalue weighted by Crippen LogP contribution is -2.13. The molecule has 0 radical (unpaired) electrons. The van der Waals surface area contributed by atoms with E-state index in [0.717, 1.165) is 0 Å². The summed E-state index contributed by atoms with van der Waals surface area (Å²) >= 11 is 0. The number of hydrogen-bond acceptors (Lipinski definition) is 2. The standard InChI is InChI=1S/C6H5F3O3/c7-6(8,9)4(3-10)1-2-5(11)12/h1-2H2,(H,11,12). The molecular weight excluding hydrogens is 177 g/mol. The molecule has 0 saturated carbocycles. The first-order chi connectivity index (χ1) is 5.38. The van der Waals surface area contributed by atoms with Gasteiger partial charge >= 0.3 is 12.1 Å². The molecule has 3 nitrogen and oxygen atoms in total. The summed E-state index contributed by atoms with van der Waals surface area (Å²) in [7, 11) is 0. The zero-order valence-electron chi connectivity index (χ0n) is 5.81. The Labute approximate surface area is 65.5 Å². The van der Waals surface area contributed by atoms with Crippen LogP contribution in [-0.2, 0) is 9.59 Å². The zero-order valence-corrected chi connectivity index (χ0v) is 5.81. The van der Waals surface area contributed by atoms with Crippen LogP contribution in [0.2, 0.25) is 0 Å². The minimum absolute atomic E-state index is 0.676. The first-order valence-electron chi connectivity index (χ1n) is 2.91. The molecule has 0 aromatic rings. The van der Waals surface area contributed by atoms with Crippen LogP contribution in [0.5, 0.6) is 0 Å². The quantitative estimate of drug-likeness (QED) is 0.666. The number of aliphatic carboxylic acids is 1. The Morgan fingerprint density at radius 2 is 1.83 bits per heavy atom. The summed E-state index contributed by atoms with van der Waals surface area (Å²) in [6, 6.07) is 0. The normalized spacial score (nSPS) is 10.6. The summed E-state index contributed by atoms with van der Waals surface area (Å²) in [5, 5.41) is 8.01. The molecule has 0 aliphatic rings. The van der Waals surface area contributed by atoms with Gasteiger partial charge in [0.25, 0.3) is 0 Å². The Morgan fingerprint density at radius 3 is 2.08 bits per heavy atom. The Kier molecular flexibility index (Phi) is 3.50. The molecule has 68 valence electrons. The molecule has 1 N–H and O–H groups in total. The summed E-state index contributed by atoms with van der Waals surface area (Å²) in [6.07, 6.45) is -6.32. The maximum Gasteiger partial charge on any atom is 0.422 e. The maximum absolute atomic E-state index is 11.7. The lowest BCUT2D eigenvalue weighted by molar-refractivity contribution is -0.137. The summed E-state index contributed by atoms with van der Waals surface area (Å²) in [5.74, 6) is -0.707. The number of rotatable bonds is 3. The molecule has 0 spiro atoms. The molecule has 0 aromatic heterocycles. The van der Waals surface area contributed by atoms with E-state index >= 15 is 0 Å². The number of allylic oxidation sites excluding steroid dienone is 1. The van der Waals surface area contributed by atoms with E-state index in [1.54, 1.807) is 0 Å². The van der Waals surface area contributed by atoms with Gasteiger partial charge in [0.1, 0.15) is 11.5 Å². The van der Waals surface area contributed by atoms with E-state index in [0.29, 0.717) is 5.94 Å². The van der Waals surface area contributed by atoms with Crippen LogP contribution >= 0.6 is 0 Å². The first kappa shape index (κ1) is 10.7. The van der Waals surface area contributed by atoms with Gasteiger partial charge in [-0.15, -0.1) is 0 Å². The minimum atomic E-state index is -4.77. The Bertz CT molecular complexity index is 225. The van der Waals surface area contributed by atoms with Crippen LogP contribution in [0.4, 0.5) is 13.2 Å². The highest BCUT2D eigenvalue weighted by molar-refractivity contribution is 5.68. The molecule has 0 bridgehead atoms. The highest BCUT2D eigenvalue weighted by Gasteiger charge is 2.34. The van der Waals surface area contributed by atoms with E-state index in [4.69, 9.17) is 5.11 Å². The molecule has 0 rings (SSSR count). The molecule has 0 aromatic carbocycles. The van der Waals surface area contributed by atoms with Crippen molar-refractivity contribution in [3.63, 3.8) is 0 Å².